The lowest BCUT2D eigenvalue weighted by Gasteiger charge is -2.10. The molecule has 0 radical (unpaired) electrons. The molecule has 2 rings (SSSR count). The van der Waals surface area contributed by atoms with E-state index >= 15 is 0 Å². The zero-order valence-electron chi connectivity index (χ0n) is 9.26. The van der Waals surface area contributed by atoms with E-state index in [0.29, 0.717) is 5.56 Å². The van der Waals surface area contributed by atoms with Crippen LogP contribution in [0.4, 0.5) is 5.69 Å². The predicted molar refractivity (Wildman–Crippen MR) is 86.6 cm³/mol. The molecule has 2 nitrogen and oxygen atoms in total. The Kier molecular flexibility index (Phi) is 4.64. The summed E-state index contributed by atoms with van der Waals surface area (Å²) in [6, 6.07) is 5.73. The van der Waals surface area contributed by atoms with E-state index in [4.69, 9.17) is 0 Å². The van der Waals surface area contributed by atoms with Crippen molar-refractivity contribution in [3.63, 3.8) is 0 Å². The van der Waals surface area contributed by atoms with Crippen molar-refractivity contribution in [3.8, 4) is 0 Å². The Labute approximate surface area is 134 Å². The van der Waals surface area contributed by atoms with Crippen molar-refractivity contribution in [1.29, 1.82) is 0 Å². The molecule has 6 heteroatoms. The topological polar surface area (TPSA) is 29.1 Å². The van der Waals surface area contributed by atoms with Crippen molar-refractivity contribution < 1.29 is 4.79 Å². The van der Waals surface area contributed by atoms with Gasteiger partial charge in [0.2, 0.25) is 0 Å². The summed E-state index contributed by atoms with van der Waals surface area (Å²) >= 11 is 11.7. The van der Waals surface area contributed by atoms with Gasteiger partial charge in [0.25, 0.3) is 5.91 Å². The van der Waals surface area contributed by atoms with Crippen LogP contribution in [0.5, 0.6) is 0 Å². The minimum absolute atomic E-state index is 0.123. The maximum Gasteiger partial charge on any atom is 0.256 e. The Morgan fingerprint density at radius 1 is 1.17 bits per heavy atom. The van der Waals surface area contributed by atoms with Crippen LogP contribution in [0.15, 0.2) is 36.3 Å². The van der Waals surface area contributed by atoms with Crippen molar-refractivity contribution >= 4 is 70.7 Å². The second kappa shape index (κ2) is 5.86. The summed E-state index contributed by atoms with van der Waals surface area (Å²) in [5.41, 5.74) is 2.50. The van der Waals surface area contributed by atoms with E-state index in [1.165, 1.54) is 11.3 Å². The normalized spacial score (nSPS) is 10.4. The Morgan fingerprint density at radius 3 is 2.28 bits per heavy atom. The van der Waals surface area contributed by atoms with Crippen LogP contribution in [-0.4, -0.2) is 5.91 Å². The summed E-state index contributed by atoms with van der Waals surface area (Å²) in [5.74, 6) is -0.123. The number of nitrogens with one attached hydrogen (secondary N) is 1. The van der Waals surface area contributed by atoms with Gasteiger partial charge in [-0.3, -0.25) is 4.79 Å². The van der Waals surface area contributed by atoms with Gasteiger partial charge in [0.15, 0.2) is 0 Å². The summed E-state index contributed by atoms with van der Waals surface area (Å²) in [6.07, 6.45) is 0. The zero-order chi connectivity index (χ0) is 13.3. The van der Waals surface area contributed by atoms with Gasteiger partial charge in [-0.2, -0.15) is 0 Å². The van der Waals surface area contributed by atoms with E-state index in [1.54, 1.807) is 6.07 Å². The van der Waals surface area contributed by atoms with E-state index in [0.717, 1.165) is 24.0 Å². The molecule has 0 aliphatic heterocycles. The van der Waals surface area contributed by atoms with Crippen LogP contribution >= 0.6 is 59.1 Å². The summed E-state index contributed by atoms with van der Waals surface area (Å²) in [4.78, 5) is 12.0. The first-order valence-corrected chi connectivity index (χ1v) is 8.24. The van der Waals surface area contributed by atoms with Gasteiger partial charge in [-0.1, -0.05) is 0 Å². The molecular weight excluding hydrogens is 446 g/mol. The molecule has 1 heterocycles. The number of halogens is 3. The molecule has 1 amide bonds. The summed E-state index contributed by atoms with van der Waals surface area (Å²) in [6.45, 7) is 2.00. The highest BCUT2D eigenvalue weighted by atomic mass is 79.9. The number of hydrogen-bond acceptors (Lipinski definition) is 2. The van der Waals surface area contributed by atoms with Crippen molar-refractivity contribution in [2.45, 2.75) is 6.92 Å². The van der Waals surface area contributed by atoms with Crippen LogP contribution in [-0.2, 0) is 0 Å². The van der Waals surface area contributed by atoms with Gasteiger partial charge < -0.3 is 5.32 Å². The standard InChI is InChI=1S/C12H8Br3NOS/c1-6-2-8(13)11(9(14)3-6)16-12(17)7-4-10(15)18-5-7/h2-5H,1H3,(H,16,17). The SMILES string of the molecule is Cc1cc(Br)c(NC(=O)c2csc(Br)c2)c(Br)c1. The number of benzene rings is 1. The third-order valence-corrected chi connectivity index (χ3v) is 5.01. The first kappa shape index (κ1) is 14.2. The third-order valence-electron chi connectivity index (χ3n) is 2.25. The summed E-state index contributed by atoms with van der Waals surface area (Å²) in [7, 11) is 0. The molecule has 1 aromatic carbocycles. The quantitative estimate of drug-likeness (QED) is 0.630. The fraction of sp³-hybridized carbons (Fsp3) is 0.0833. The molecule has 0 aliphatic carbocycles. The van der Waals surface area contributed by atoms with E-state index in [-0.39, 0.29) is 5.91 Å². The van der Waals surface area contributed by atoms with E-state index in [2.05, 4.69) is 53.1 Å². The van der Waals surface area contributed by atoms with Crippen LogP contribution in [0.3, 0.4) is 0 Å². The highest BCUT2D eigenvalue weighted by molar-refractivity contribution is 9.11. The number of thiophene rings is 1. The Hall–Kier alpha value is -0.170. The van der Waals surface area contributed by atoms with Gasteiger partial charge in [0.05, 0.1) is 15.0 Å². The van der Waals surface area contributed by atoms with Gasteiger partial charge >= 0.3 is 0 Å². The van der Waals surface area contributed by atoms with Crippen LogP contribution < -0.4 is 5.32 Å². The van der Waals surface area contributed by atoms with Crippen LogP contribution in [0.25, 0.3) is 0 Å². The Bertz CT molecular complexity index is 586. The Morgan fingerprint density at radius 2 is 1.78 bits per heavy atom. The molecule has 18 heavy (non-hydrogen) atoms. The summed E-state index contributed by atoms with van der Waals surface area (Å²) in [5, 5.41) is 4.70. The molecule has 1 aromatic heterocycles. The maximum absolute atomic E-state index is 12.0. The smallest absolute Gasteiger partial charge is 0.256 e. The number of anilines is 1. The lowest BCUT2D eigenvalue weighted by atomic mass is 10.2. The lowest BCUT2D eigenvalue weighted by molar-refractivity contribution is 0.102. The fourth-order valence-electron chi connectivity index (χ4n) is 1.43. The first-order valence-electron chi connectivity index (χ1n) is 4.98. The molecule has 94 valence electrons. The van der Waals surface area contributed by atoms with E-state index < -0.39 is 0 Å². The van der Waals surface area contributed by atoms with Crippen molar-refractivity contribution in [2.24, 2.45) is 0 Å². The largest absolute Gasteiger partial charge is 0.320 e. The molecule has 0 spiro atoms. The molecule has 0 unspecified atom stereocenters. The molecule has 0 saturated heterocycles. The molecule has 0 bridgehead atoms. The van der Waals surface area contributed by atoms with Gasteiger partial charge in [0.1, 0.15) is 0 Å². The summed E-state index contributed by atoms with van der Waals surface area (Å²) < 4.78 is 2.66. The number of amides is 1. The second-order valence-electron chi connectivity index (χ2n) is 3.70. The minimum Gasteiger partial charge on any atom is -0.320 e. The molecular formula is C12H8Br3NOS. The molecule has 0 fully saturated rings. The number of rotatable bonds is 2. The Balaban J connectivity index is 2.27. The maximum atomic E-state index is 12.0. The van der Waals surface area contributed by atoms with Crippen molar-refractivity contribution in [3.05, 3.63) is 47.4 Å². The minimum atomic E-state index is -0.123. The fourth-order valence-corrected chi connectivity index (χ4v) is 4.18. The first-order chi connectivity index (χ1) is 8.47. The van der Waals surface area contributed by atoms with Gasteiger partial charge in [-0.25, -0.2) is 0 Å². The number of carbonyl (C=O) groups is 1. The molecule has 2 aromatic rings. The van der Waals surface area contributed by atoms with Gasteiger partial charge in [-0.05, 0) is 78.5 Å². The van der Waals surface area contributed by atoms with Crippen LogP contribution in [0.1, 0.15) is 15.9 Å². The highest BCUT2D eigenvalue weighted by Gasteiger charge is 2.12. The molecule has 0 aliphatic rings. The average molecular weight is 454 g/mol. The second-order valence-corrected chi connectivity index (χ2v) is 7.70. The van der Waals surface area contributed by atoms with Gasteiger partial charge in [-0.15, -0.1) is 11.3 Å². The molecule has 1 N–H and O–H groups in total. The number of hydrogen-bond donors (Lipinski definition) is 1. The van der Waals surface area contributed by atoms with Crippen molar-refractivity contribution in [2.75, 3.05) is 5.32 Å². The molecule has 0 atom stereocenters. The average Bonchev–Trinajstić information content (AvgIpc) is 2.70. The molecule has 0 saturated carbocycles. The third kappa shape index (κ3) is 3.23. The highest BCUT2D eigenvalue weighted by Crippen LogP contribution is 2.33. The van der Waals surface area contributed by atoms with Crippen molar-refractivity contribution in [1.82, 2.24) is 0 Å². The number of carbonyl (C=O) groups excluding carboxylic acids is 1. The predicted octanol–water partition coefficient (Wildman–Crippen LogP) is 5.60. The van der Waals surface area contributed by atoms with Crippen LogP contribution in [0.2, 0.25) is 0 Å². The monoisotopic (exact) mass is 451 g/mol. The van der Waals surface area contributed by atoms with E-state index in [1.807, 2.05) is 24.4 Å². The van der Waals surface area contributed by atoms with E-state index in [9.17, 15) is 4.79 Å². The number of aryl methyl sites for hydroxylation is 1. The van der Waals surface area contributed by atoms with Crippen LogP contribution in [0, 0.1) is 6.92 Å². The lowest BCUT2D eigenvalue weighted by Crippen LogP contribution is -2.11. The van der Waals surface area contributed by atoms with Gasteiger partial charge in [0, 0.05) is 14.3 Å². The zero-order valence-corrected chi connectivity index (χ0v) is 14.8.